The minimum absolute atomic E-state index is 0.319. The van der Waals surface area contributed by atoms with Crippen LogP contribution in [0.5, 0.6) is 0 Å². The Bertz CT molecular complexity index is 774. The molecule has 0 amide bonds. The first-order chi connectivity index (χ1) is 13.0. The van der Waals surface area contributed by atoms with Crippen molar-refractivity contribution in [3.63, 3.8) is 0 Å². The number of hydrogen-bond acceptors (Lipinski definition) is 7. The molecule has 1 atom stereocenters. The number of hydrogen-bond donors (Lipinski definition) is 1. The Morgan fingerprint density at radius 3 is 2.89 bits per heavy atom. The largest absolute Gasteiger partial charge is 0.464 e. The number of anilines is 1. The zero-order valence-electron chi connectivity index (χ0n) is 14.7. The van der Waals surface area contributed by atoms with Crippen LogP contribution in [0.2, 0.25) is 5.02 Å². The highest BCUT2D eigenvalue weighted by atomic mass is 127. The van der Waals surface area contributed by atoms with Gasteiger partial charge in [-0.15, -0.1) is 0 Å². The fraction of sp³-hybridized carbons (Fsp3) is 0.438. The third-order valence-electron chi connectivity index (χ3n) is 3.60. The molecule has 3 heterocycles. The average molecular weight is 529 g/mol. The van der Waals surface area contributed by atoms with E-state index in [1.165, 1.54) is 22.4 Å². The predicted octanol–water partition coefficient (Wildman–Crippen LogP) is 4.41. The number of nitrogens with zero attached hydrogens (tertiary/aromatic N) is 3. The van der Waals surface area contributed by atoms with Gasteiger partial charge in [0.2, 0.25) is 5.95 Å². The number of rotatable bonds is 4. The molecule has 1 N–H and O–H groups in total. The Balaban J connectivity index is 0.000000313. The molecule has 2 aromatic heterocycles. The van der Waals surface area contributed by atoms with Crippen molar-refractivity contribution in [3.8, 4) is 11.3 Å². The molecule has 0 radical (unpaired) electrons. The lowest BCUT2D eigenvalue weighted by Crippen LogP contribution is -2.17. The second kappa shape index (κ2) is 11.0. The van der Waals surface area contributed by atoms with Crippen LogP contribution in [0.15, 0.2) is 18.5 Å². The Morgan fingerprint density at radius 1 is 1.59 bits per heavy atom. The number of esters is 1. The number of methoxy groups -OCH3 is 1. The van der Waals surface area contributed by atoms with Gasteiger partial charge in [0.05, 0.1) is 30.6 Å². The van der Waals surface area contributed by atoms with Crippen LogP contribution < -0.4 is 5.32 Å². The van der Waals surface area contributed by atoms with Crippen molar-refractivity contribution in [1.82, 2.24) is 13.9 Å². The van der Waals surface area contributed by atoms with E-state index in [0.29, 0.717) is 35.4 Å². The van der Waals surface area contributed by atoms with E-state index in [-0.39, 0.29) is 0 Å². The van der Waals surface area contributed by atoms with E-state index in [2.05, 4.69) is 36.5 Å². The average Bonchev–Trinajstić information content (AvgIpc) is 3.13. The highest BCUT2D eigenvalue weighted by molar-refractivity contribution is 14.2. The van der Waals surface area contributed by atoms with Gasteiger partial charge >= 0.3 is 5.97 Å². The summed E-state index contributed by atoms with van der Waals surface area (Å²) in [6.07, 6.45) is 4.19. The lowest BCUT2D eigenvalue weighted by Gasteiger charge is -2.13. The van der Waals surface area contributed by atoms with Gasteiger partial charge in [0, 0.05) is 55.7 Å². The van der Waals surface area contributed by atoms with Crippen LogP contribution in [0.1, 0.15) is 23.3 Å². The second-order valence-corrected chi connectivity index (χ2v) is 7.58. The number of halogens is 3. The molecular weight excluding hydrogens is 510 g/mol. The summed E-state index contributed by atoms with van der Waals surface area (Å²) in [4.78, 5) is 20.0. The maximum absolute atomic E-state index is 12.1. The predicted molar refractivity (Wildman–Crippen MR) is 113 cm³/mol. The molecule has 0 aliphatic carbocycles. The molecule has 0 aromatic carbocycles. The molecule has 7 nitrogen and oxygen atoms in total. The first-order valence-corrected chi connectivity index (χ1v) is 11.7. The molecule has 0 bridgehead atoms. The SMILES string of the molecule is CNc1ncc(Cl)c(-c2cc(C(=O)OC)n(SI)c2)n1.FC1CCCOC1. The van der Waals surface area contributed by atoms with Crippen LogP contribution in [0.3, 0.4) is 0 Å². The van der Waals surface area contributed by atoms with Gasteiger partial charge in [-0.25, -0.2) is 19.2 Å². The molecule has 1 aliphatic rings. The van der Waals surface area contributed by atoms with Gasteiger partial charge in [-0.1, -0.05) is 11.6 Å². The molecular formula is C16H19ClFIN4O3S. The van der Waals surface area contributed by atoms with Crippen molar-refractivity contribution in [2.75, 3.05) is 32.7 Å². The normalized spacial score (nSPS) is 16.3. The van der Waals surface area contributed by atoms with E-state index >= 15 is 0 Å². The van der Waals surface area contributed by atoms with Crippen molar-refractivity contribution < 1.29 is 18.7 Å². The highest BCUT2D eigenvalue weighted by Crippen LogP contribution is 2.31. The minimum Gasteiger partial charge on any atom is -0.464 e. The van der Waals surface area contributed by atoms with Gasteiger partial charge < -0.3 is 14.8 Å². The number of carbonyl (C=O) groups is 1. The van der Waals surface area contributed by atoms with Crippen molar-refractivity contribution in [1.29, 1.82) is 0 Å². The van der Waals surface area contributed by atoms with Gasteiger partial charge in [-0.3, -0.25) is 3.97 Å². The number of aromatic nitrogens is 3. The zero-order valence-corrected chi connectivity index (χ0v) is 18.5. The van der Waals surface area contributed by atoms with E-state index in [1.807, 2.05) is 0 Å². The molecule has 2 aromatic rings. The Kier molecular flexibility index (Phi) is 9.06. The standard InChI is InChI=1S/C11H10ClIN4O2S.C5H9FO/c1-14-11-15-4-7(12)9(16-11)6-3-8(10(18)19-2)17(5-6)20-13;6-5-2-1-3-7-4-5/h3-5H,1-2H3,(H,14,15,16);5H,1-4H2. The van der Waals surface area contributed by atoms with Gasteiger partial charge in [0.25, 0.3) is 0 Å². The van der Waals surface area contributed by atoms with Crippen LogP contribution >= 0.6 is 41.9 Å². The summed E-state index contributed by atoms with van der Waals surface area (Å²) in [5, 5.41) is 3.26. The molecule has 3 rings (SSSR count). The number of ether oxygens (including phenoxy) is 2. The van der Waals surface area contributed by atoms with Gasteiger partial charge in [-0.05, 0) is 18.9 Å². The molecule has 27 heavy (non-hydrogen) atoms. The van der Waals surface area contributed by atoms with Crippen LogP contribution in [0.25, 0.3) is 11.3 Å². The lowest BCUT2D eigenvalue weighted by molar-refractivity contribution is 0.0366. The molecule has 1 saturated heterocycles. The maximum Gasteiger partial charge on any atom is 0.355 e. The number of nitrogens with one attached hydrogen (secondary N) is 1. The van der Waals surface area contributed by atoms with Crippen LogP contribution in [-0.4, -0.2) is 53.5 Å². The summed E-state index contributed by atoms with van der Waals surface area (Å²) in [5.41, 5.74) is 1.70. The monoisotopic (exact) mass is 528 g/mol. The first kappa shape index (κ1) is 22.2. The van der Waals surface area contributed by atoms with E-state index in [9.17, 15) is 9.18 Å². The van der Waals surface area contributed by atoms with Crippen molar-refractivity contribution in [2.24, 2.45) is 0 Å². The molecule has 1 aliphatic heterocycles. The highest BCUT2D eigenvalue weighted by Gasteiger charge is 2.18. The summed E-state index contributed by atoms with van der Waals surface area (Å²) in [7, 11) is 4.42. The van der Waals surface area contributed by atoms with Crippen molar-refractivity contribution >= 4 is 53.8 Å². The molecule has 0 spiro atoms. The maximum atomic E-state index is 12.1. The summed E-state index contributed by atoms with van der Waals surface area (Å²) < 4.78 is 23.3. The smallest absolute Gasteiger partial charge is 0.355 e. The van der Waals surface area contributed by atoms with Crippen molar-refractivity contribution in [3.05, 3.63) is 29.2 Å². The number of carbonyl (C=O) groups excluding carboxylic acids is 1. The van der Waals surface area contributed by atoms with Gasteiger partial charge in [0.15, 0.2) is 0 Å². The Morgan fingerprint density at radius 2 is 2.37 bits per heavy atom. The van der Waals surface area contributed by atoms with E-state index in [4.69, 9.17) is 21.1 Å². The van der Waals surface area contributed by atoms with Crippen LogP contribution in [-0.2, 0) is 9.47 Å². The molecule has 1 unspecified atom stereocenters. The number of alkyl halides is 1. The third-order valence-corrected chi connectivity index (χ3v) is 5.60. The van der Waals surface area contributed by atoms with Gasteiger partial charge in [-0.2, -0.15) is 0 Å². The van der Waals surface area contributed by atoms with Crippen molar-refractivity contribution in [2.45, 2.75) is 19.0 Å². The van der Waals surface area contributed by atoms with E-state index in [0.717, 1.165) is 18.6 Å². The molecule has 148 valence electrons. The van der Waals surface area contributed by atoms with E-state index in [1.54, 1.807) is 23.3 Å². The van der Waals surface area contributed by atoms with E-state index < -0.39 is 12.1 Å². The molecule has 1 fully saturated rings. The van der Waals surface area contributed by atoms with Crippen LogP contribution in [0.4, 0.5) is 10.3 Å². The summed E-state index contributed by atoms with van der Waals surface area (Å²) in [5.74, 6) is 0.0401. The molecule has 0 saturated carbocycles. The lowest BCUT2D eigenvalue weighted by atomic mass is 10.2. The fourth-order valence-corrected chi connectivity index (χ4v) is 3.81. The summed E-state index contributed by atoms with van der Waals surface area (Å²) in [6.45, 7) is 1.07. The fourth-order valence-electron chi connectivity index (χ4n) is 2.28. The summed E-state index contributed by atoms with van der Waals surface area (Å²) >= 11 is 8.20. The Labute approximate surface area is 178 Å². The summed E-state index contributed by atoms with van der Waals surface area (Å²) in [6, 6.07) is 1.69. The third kappa shape index (κ3) is 6.19. The van der Waals surface area contributed by atoms with Gasteiger partial charge in [0.1, 0.15) is 11.9 Å². The second-order valence-electron chi connectivity index (χ2n) is 5.45. The first-order valence-electron chi connectivity index (χ1n) is 8.02. The topological polar surface area (TPSA) is 78.3 Å². The minimum atomic E-state index is -0.686. The quantitative estimate of drug-likeness (QED) is 0.465. The molecule has 11 heteroatoms. The Hall–Kier alpha value is -1.11. The van der Waals surface area contributed by atoms with Crippen LogP contribution in [0, 0.1) is 0 Å². The zero-order chi connectivity index (χ0) is 19.8.